The zero-order chi connectivity index (χ0) is 21.2. The van der Waals surface area contributed by atoms with Crippen LogP contribution in [0.2, 0.25) is 5.02 Å². The van der Waals surface area contributed by atoms with Crippen molar-refractivity contribution in [3.05, 3.63) is 117 Å². The second-order valence-corrected chi connectivity index (χ2v) is 8.95. The fourth-order valence-electron chi connectivity index (χ4n) is 2.54. The highest BCUT2D eigenvalue weighted by atomic mass is 35.5. The van der Waals surface area contributed by atoms with Crippen molar-refractivity contribution in [2.75, 3.05) is 0 Å². The van der Waals surface area contributed by atoms with Gasteiger partial charge in [0.2, 0.25) is 0 Å². The van der Waals surface area contributed by atoms with Gasteiger partial charge in [-0.2, -0.15) is 5.26 Å². The van der Waals surface area contributed by atoms with E-state index in [-0.39, 0.29) is 11.6 Å². The number of hydrogen-bond donors (Lipinski definition) is 1. The minimum atomic E-state index is -0.332. The first-order valence-corrected chi connectivity index (χ1v) is 11.6. The number of rotatable bonds is 8. The average molecular weight is 451 g/mol. The summed E-state index contributed by atoms with van der Waals surface area (Å²) in [6.07, 6.45) is 0. The molecule has 0 bridgehead atoms. The smallest absolute Gasteiger partial charge is 0.256 e. The van der Waals surface area contributed by atoms with E-state index in [9.17, 15) is 10.1 Å². The summed E-state index contributed by atoms with van der Waals surface area (Å²) < 4.78 is 0.785. The van der Waals surface area contributed by atoms with Gasteiger partial charge >= 0.3 is 0 Å². The lowest BCUT2D eigenvalue weighted by molar-refractivity contribution is 0.0967. The third kappa shape index (κ3) is 6.70. The van der Waals surface area contributed by atoms with Crippen LogP contribution in [0.4, 0.5) is 0 Å². The Hall–Kier alpha value is -2.65. The lowest BCUT2D eigenvalue weighted by Gasteiger charge is -2.12. The van der Waals surface area contributed by atoms with E-state index in [1.807, 2.05) is 60.7 Å². The maximum absolute atomic E-state index is 12.6. The molecule has 1 amide bonds. The number of allylic oxidation sites excluding steroid dienone is 1. The molecule has 0 saturated heterocycles. The molecule has 0 atom stereocenters. The van der Waals surface area contributed by atoms with Crippen LogP contribution >= 0.6 is 35.1 Å². The molecule has 1 N–H and O–H groups in total. The quantitative estimate of drug-likeness (QED) is 0.391. The molecule has 3 aromatic carbocycles. The topological polar surface area (TPSA) is 52.9 Å². The van der Waals surface area contributed by atoms with Crippen LogP contribution in [0.3, 0.4) is 0 Å². The normalized spacial score (nSPS) is 10.1. The van der Waals surface area contributed by atoms with E-state index in [1.54, 1.807) is 47.8 Å². The average Bonchev–Trinajstić information content (AvgIpc) is 2.79. The maximum atomic E-state index is 12.6. The molecule has 0 aromatic heterocycles. The summed E-state index contributed by atoms with van der Waals surface area (Å²) in [4.78, 5) is 12.6. The Morgan fingerprint density at radius 1 is 0.833 bits per heavy atom. The van der Waals surface area contributed by atoms with E-state index in [1.165, 1.54) is 0 Å². The lowest BCUT2D eigenvalue weighted by Crippen LogP contribution is -2.22. The molecule has 6 heteroatoms. The molecule has 3 aromatic rings. The predicted molar refractivity (Wildman–Crippen MR) is 127 cm³/mol. The fourth-order valence-corrected chi connectivity index (χ4v) is 4.82. The lowest BCUT2D eigenvalue weighted by atomic mass is 10.2. The third-order valence-electron chi connectivity index (χ3n) is 4.09. The van der Waals surface area contributed by atoms with Crippen molar-refractivity contribution >= 4 is 41.0 Å². The second kappa shape index (κ2) is 11.5. The number of carbonyl (C=O) groups excluding carboxylic acids is 1. The summed E-state index contributed by atoms with van der Waals surface area (Å²) in [5.41, 5.74) is 3.02. The van der Waals surface area contributed by atoms with Crippen molar-refractivity contribution in [2.24, 2.45) is 0 Å². The third-order valence-corrected chi connectivity index (χ3v) is 6.93. The number of nitriles is 1. The van der Waals surface area contributed by atoms with E-state index >= 15 is 0 Å². The molecule has 3 nitrogen and oxygen atoms in total. The molecular formula is C24H19ClN2OS2. The molecule has 3 rings (SSSR count). The van der Waals surface area contributed by atoms with Crippen molar-refractivity contribution < 1.29 is 4.79 Å². The van der Waals surface area contributed by atoms with Crippen molar-refractivity contribution in [3.8, 4) is 6.07 Å². The Morgan fingerprint density at radius 2 is 1.33 bits per heavy atom. The Labute approximate surface area is 190 Å². The monoisotopic (exact) mass is 450 g/mol. The number of amides is 1. The van der Waals surface area contributed by atoms with Gasteiger partial charge in [-0.1, -0.05) is 72.3 Å². The molecule has 0 fully saturated rings. The molecule has 0 spiro atoms. The van der Waals surface area contributed by atoms with E-state index in [2.05, 4.69) is 11.4 Å². The Morgan fingerprint density at radius 3 is 1.80 bits per heavy atom. The zero-order valence-corrected chi connectivity index (χ0v) is 18.4. The number of nitrogens with zero attached hydrogens (tertiary/aromatic N) is 1. The minimum Gasteiger partial charge on any atom is -0.312 e. The molecule has 0 aliphatic heterocycles. The summed E-state index contributed by atoms with van der Waals surface area (Å²) in [6, 6.07) is 28.8. The first-order valence-electron chi connectivity index (χ1n) is 9.20. The molecule has 150 valence electrons. The molecular weight excluding hydrogens is 432 g/mol. The van der Waals surface area contributed by atoms with Gasteiger partial charge in [-0.25, -0.2) is 0 Å². The highest BCUT2D eigenvalue weighted by Gasteiger charge is 2.14. The van der Waals surface area contributed by atoms with Gasteiger partial charge in [-0.05, 0) is 35.4 Å². The van der Waals surface area contributed by atoms with Crippen LogP contribution in [0, 0.1) is 11.3 Å². The zero-order valence-electron chi connectivity index (χ0n) is 16.0. The number of hydrogen-bond acceptors (Lipinski definition) is 4. The van der Waals surface area contributed by atoms with Gasteiger partial charge in [0.05, 0.1) is 4.24 Å². The molecule has 0 aliphatic carbocycles. The van der Waals surface area contributed by atoms with Crippen molar-refractivity contribution in [1.82, 2.24) is 5.32 Å². The van der Waals surface area contributed by atoms with Gasteiger partial charge in [-0.15, -0.1) is 23.5 Å². The summed E-state index contributed by atoms with van der Waals surface area (Å²) in [5, 5.41) is 13.1. The summed E-state index contributed by atoms with van der Waals surface area (Å²) >= 11 is 9.00. The van der Waals surface area contributed by atoms with Crippen LogP contribution < -0.4 is 5.32 Å². The predicted octanol–water partition coefficient (Wildman–Crippen LogP) is 6.63. The van der Waals surface area contributed by atoms with Crippen LogP contribution in [0.15, 0.2) is 94.9 Å². The Bertz CT molecular complexity index is 1000. The Balaban J connectivity index is 1.79. The first kappa shape index (κ1) is 22.0. The van der Waals surface area contributed by atoms with E-state index in [0.29, 0.717) is 22.1 Å². The van der Waals surface area contributed by atoms with Gasteiger partial charge in [-0.3, -0.25) is 4.79 Å². The van der Waals surface area contributed by atoms with Crippen molar-refractivity contribution in [3.63, 3.8) is 0 Å². The number of nitrogens with one attached hydrogen (secondary N) is 1. The van der Waals surface area contributed by atoms with Gasteiger partial charge < -0.3 is 5.32 Å². The van der Waals surface area contributed by atoms with Crippen LogP contribution in [-0.2, 0) is 11.5 Å². The number of thioether (sulfide) groups is 2. The molecule has 0 radical (unpaired) electrons. The number of carbonyl (C=O) groups is 1. The maximum Gasteiger partial charge on any atom is 0.256 e. The van der Waals surface area contributed by atoms with E-state index < -0.39 is 0 Å². The van der Waals surface area contributed by atoms with Crippen LogP contribution in [-0.4, -0.2) is 5.91 Å². The molecule has 0 heterocycles. The van der Waals surface area contributed by atoms with Gasteiger partial charge in [0.25, 0.3) is 5.91 Å². The van der Waals surface area contributed by atoms with Gasteiger partial charge in [0.15, 0.2) is 0 Å². The van der Waals surface area contributed by atoms with Crippen LogP contribution in [0.1, 0.15) is 21.5 Å². The largest absolute Gasteiger partial charge is 0.312 e. The van der Waals surface area contributed by atoms with E-state index in [4.69, 9.17) is 11.6 Å². The SMILES string of the molecule is N#CC(NC(=O)c1ccc(Cl)cc1)=C(SCc1ccccc1)SCc1ccccc1. The molecule has 30 heavy (non-hydrogen) atoms. The molecule has 0 aliphatic rings. The first-order chi connectivity index (χ1) is 14.7. The van der Waals surface area contributed by atoms with Crippen molar-refractivity contribution in [2.45, 2.75) is 11.5 Å². The standard InChI is InChI=1S/C24H19ClN2OS2/c25-21-13-11-20(12-14-21)23(28)27-22(15-26)24(29-16-18-7-3-1-4-8-18)30-17-19-9-5-2-6-10-19/h1-14H,16-17H2,(H,27,28). The molecule has 0 saturated carbocycles. The fraction of sp³-hybridized carbons (Fsp3) is 0.0833. The van der Waals surface area contributed by atoms with Gasteiger partial charge in [0, 0.05) is 22.1 Å². The summed E-state index contributed by atoms with van der Waals surface area (Å²) in [7, 11) is 0. The minimum absolute atomic E-state index is 0.261. The second-order valence-electron chi connectivity index (χ2n) is 6.28. The van der Waals surface area contributed by atoms with Crippen molar-refractivity contribution in [1.29, 1.82) is 5.26 Å². The highest BCUT2D eigenvalue weighted by molar-refractivity contribution is 8.21. The molecule has 0 unspecified atom stereocenters. The van der Waals surface area contributed by atoms with E-state index in [0.717, 1.165) is 15.4 Å². The highest BCUT2D eigenvalue weighted by Crippen LogP contribution is 2.35. The van der Waals surface area contributed by atoms with Crippen LogP contribution in [0.5, 0.6) is 0 Å². The van der Waals surface area contributed by atoms with Crippen LogP contribution in [0.25, 0.3) is 0 Å². The summed E-state index contributed by atoms with van der Waals surface area (Å²) in [6.45, 7) is 0. The Kier molecular flexibility index (Phi) is 8.46. The summed E-state index contributed by atoms with van der Waals surface area (Å²) in [5.74, 6) is 1.08. The number of benzene rings is 3. The van der Waals surface area contributed by atoms with Gasteiger partial charge in [0.1, 0.15) is 11.8 Å². The number of halogens is 1.